The zero-order chi connectivity index (χ0) is 21.1. The number of nitrogens with one attached hydrogen (secondary N) is 1. The van der Waals surface area contributed by atoms with Crippen LogP contribution in [-0.4, -0.2) is 50.4 Å². The molecule has 7 nitrogen and oxygen atoms in total. The third-order valence-corrected chi connectivity index (χ3v) is 7.17. The summed E-state index contributed by atoms with van der Waals surface area (Å²) < 4.78 is 28.0. The van der Waals surface area contributed by atoms with Crippen molar-refractivity contribution in [2.45, 2.75) is 4.90 Å². The van der Waals surface area contributed by atoms with Gasteiger partial charge in [0.25, 0.3) is 15.9 Å². The van der Waals surface area contributed by atoms with Gasteiger partial charge in [-0.15, -0.1) is 11.3 Å². The summed E-state index contributed by atoms with van der Waals surface area (Å²) in [5, 5.41) is 3.30. The van der Waals surface area contributed by atoms with E-state index in [1.165, 1.54) is 18.2 Å². The van der Waals surface area contributed by atoms with Crippen LogP contribution >= 0.6 is 22.9 Å². The molecule has 1 N–H and O–H groups in total. The molecular weight excluding hydrogens is 444 g/mol. The summed E-state index contributed by atoms with van der Waals surface area (Å²) in [6, 6.07) is 12.5. The number of sulfonamides is 1. The molecule has 0 aliphatic carbocycles. The lowest BCUT2D eigenvalue weighted by Gasteiger charge is -2.34. The molecule has 1 aliphatic rings. The summed E-state index contributed by atoms with van der Waals surface area (Å²) in [7, 11) is -3.85. The molecule has 3 aromatic rings. The van der Waals surface area contributed by atoms with Crippen LogP contribution in [0.5, 0.6) is 0 Å². The third kappa shape index (κ3) is 4.58. The minimum Gasteiger partial charge on any atom is -0.345 e. The highest BCUT2D eigenvalue weighted by Crippen LogP contribution is 2.22. The van der Waals surface area contributed by atoms with Crippen molar-refractivity contribution < 1.29 is 13.2 Å². The Hall–Kier alpha value is -2.62. The van der Waals surface area contributed by atoms with E-state index in [0.717, 1.165) is 5.13 Å². The molecule has 0 saturated carbocycles. The summed E-state index contributed by atoms with van der Waals surface area (Å²) in [5.74, 6) is -0.186. The second-order valence-corrected chi connectivity index (χ2v) is 9.73. The molecule has 0 unspecified atom stereocenters. The van der Waals surface area contributed by atoms with Crippen molar-refractivity contribution in [2.75, 3.05) is 35.8 Å². The first kappa shape index (κ1) is 20.6. The number of aromatic nitrogens is 1. The lowest BCUT2D eigenvalue weighted by Crippen LogP contribution is -2.48. The Labute approximate surface area is 184 Å². The van der Waals surface area contributed by atoms with Gasteiger partial charge in [0.15, 0.2) is 5.13 Å². The van der Waals surface area contributed by atoms with Crippen LogP contribution in [0.1, 0.15) is 10.4 Å². The summed E-state index contributed by atoms with van der Waals surface area (Å²) in [6.45, 7) is 2.48. The quantitative estimate of drug-likeness (QED) is 0.626. The van der Waals surface area contributed by atoms with E-state index >= 15 is 0 Å². The predicted octanol–water partition coefficient (Wildman–Crippen LogP) is 3.56. The van der Waals surface area contributed by atoms with Crippen molar-refractivity contribution in [3.05, 3.63) is 70.7 Å². The van der Waals surface area contributed by atoms with Crippen molar-refractivity contribution in [2.24, 2.45) is 0 Å². The Bertz CT molecular complexity index is 1140. The molecule has 1 saturated heterocycles. The number of hydrogen-bond acceptors (Lipinski definition) is 6. The Morgan fingerprint density at radius 3 is 2.53 bits per heavy atom. The van der Waals surface area contributed by atoms with Gasteiger partial charge >= 0.3 is 0 Å². The Balaban J connectivity index is 1.47. The van der Waals surface area contributed by atoms with E-state index in [4.69, 9.17) is 11.6 Å². The molecular formula is C20H19ClN4O3S2. The largest absolute Gasteiger partial charge is 0.345 e. The average molecular weight is 463 g/mol. The maximum Gasteiger partial charge on any atom is 0.261 e. The standard InChI is InChI=1S/C20H19ClN4O3S2/c21-16-4-2-5-17(14-16)23-30(27,28)18-6-1-3-15(13-18)19(26)24-8-10-25(11-9-24)20-22-7-12-29-20/h1-7,12-14,23H,8-11H2. The van der Waals surface area contributed by atoms with E-state index in [-0.39, 0.29) is 10.8 Å². The lowest BCUT2D eigenvalue weighted by molar-refractivity contribution is 0.0746. The van der Waals surface area contributed by atoms with Crippen molar-refractivity contribution in [3.8, 4) is 0 Å². The zero-order valence-electron chi connectivity index (χ0n) is 15.9. The van der Waals surface area contributed by atoms with Crippen molar-refractivity contribution in [1.82, 2.24) is 9.88 Å². The number of halogens is 1. The maximum absolute atomic E-state index is 12.9. The minimum absolute atomic E-state index is 0.0229. The Kier molecular flexibility index (Phi) is 5.94. The molecule has 1 fully saturated rings. The predicted molar refractivity (Wildman–Crippen MR) is 119 cm³/mol. The molecule has 4 rings (SSSR count). The molecule has 2 heterocycles. The minimum atomic E-state index is -3.85. The first-order chi connectivity index (χ1) is 14.4. The number of carbonyl (C=O) groups is 1. The van der Waals surface area contributed by atoms with E-state index in [1.807, 2.05) is 5.38 Å². The van der Waals surface area contributed by atoms with Crippen LogP contribution in [0.4, 0.5) is 10.8 Å². The highest BCUT2D eigenvalue weighted by atomic mass is 35.5. The number of hydrogen-bond donors (Lipinski definition) is 1. The van der Waals surface area contributed by atoms with Crippen molar-refractivity contribution in [3.63, 3.8) is 0 Å². The van der Waals surface area contributed by atoms with Crippen molar-refractivity contribution in [1.29, 1.82) is 0 Å². The second kappa shape index (κ2) is 8.63. The van der Waals surface area contributed by atoms with Crippen LogP contribution in [0.25, 0.3) is 0 Å². The fraction of sp³-hybridized carbons (Fsp3) is 0.200. The fourth-order valence-corrected chi connectivity index (χ4v) is 5.20. The summed E-state index contributed by atoms with van der Waals surface area (Å²) >= 11 is 7.49. The van der Waals surface area contributed by atoms with E-state index in [0.29, 0.717) is 42.5 Å². The topological polar surface area (TPSA) is 82.6 Å². The van der Waals surface area contributed by atoms with Crippen LogP contribution in [0.3, 0.4) is 0 Å². The van der Waals surface area contributed by atoms with Gasteiger partial charge in [-0.05, 0) is 36.4 Å². The lowest BCUT2D eigenvalue weighted by atomic mass is 10.2. The normalized spacial score (nSPS) is 14.6. The van der Waals surface area contributed by atoms with Gasteiger partial charge in [-0.1, -0.05) is 23.7 Å². The Morgan fingerprint density at radius 1 is 1.07 bits per heavy atom. The second-order valence-electron chi connectivity index (χ2n) is 6.74. The molecule has 156 valence electrons. The van der Waals surface area contributed by atoms with E-state index in [9.17, 15) is 13.2 Å². The zero-order valence-corrected chi connectivity index (χ0v) is 18.3. The summed E-state index contributed by atoms with van der Waals surface area (Å²) in [6.07, 6.45) is 1.76. The van der Waals surface area contributed by atoms with Gasteiger partial charge in [0.1, 0.15) is 0 Å². The first-order valence-electron chi connectivity index (χ1n) is 9.24. The molecule has 0 radical (unpaired) electrons. The van der Waals surface area contributed by atoms with Crippen LogP contribution in [0.15, 0.2) is 65.0 Å². The van der Waals surface area contributed by atoms with E-state index in [1.54, 1.807) is 52.8 Å². The first-order valence-corrected chi connectivity index (χ1v) is 12.0. The maximum atomic E-state index is 12.9. The highest BCUT2D eigenvalue weighted by Gasteiger charge is 2.24. The monoisotopic (exact) mass is 462 g/mol. The molecule has 2 aromatic carbocycles. The number of nitrogens with zero attached hydrogens (tertiary/aromatic N) is 3. The van der Waals surface area contributed by atoms with Gasteiger partial charge in [0.2, 0.25) is 0 Å². The molecule has 30 heavy (non-hydrogen) atoms. The van der Waals surface area contributed by atoms with Crippen molar-refractivity contribution >= 4 is 49.7 Å². The van der Waals surface area contributed by atoms with Crippen LogP contribution in [-0.2, 0) is 10.0 Å². The molecule has 1 amide bonds. The van der Waals surface area contributed by atoms with Gasteiger partial charge in [-0.3, -0.25) is 9.52 Å². The van der Waals surface area contributed by atoms with Crippen LogP contribution < -0.4 is 9.62 Å². The number of anilines is 2. The Morgan fingerprint density at radius 2 is 1.83 bits per heavy atom. The number of benzene rings is 2. The molecule has 1 aliphatic heterocycles. The molecule has 0 spiro atoms. The summed E-state index contributed by atoms with van der Waals surface area (Å²) in [4.78, 5) is 21.1. The third-order valence-electron chi connectivity index (χ3n) is 4.72. The van der Waals surface area contributed by atoms with Crippen LogP contribution in [0.2, 0.25) is 5.02 Å². The fourth-order valence-electron chi connectivity index (χ4n) is 3.22. The number of amides is 1. The molecule has 1 aromatic heterocycles. The van der Waals surface area contributed by atoms with Gasteiger partial charge in [-0.25, -0.2) is 13.4 Å². The SMILES string of the molecule is O=C(c1cccc(S(=O)(=O)Nc2cccc(Cl)c2)c1)N1CCN(c2nccs2)CC1. The smallest absolute Gasteiger partial charge is 0.261 e. The number of thiazole rings is 1. The van der Waals surface area contributed by atoms with Gasteiger partial charge in [0, 0.05) is 48.3 Å². The van der Waals surface area contributed by atoms with E-state index in [2.05, 4.69) is 14.6 Å². The molecule has 0 atom stereocenters. The summed E-state index contributed by atoms with van der Waals surface area (Å²) in [5.41, 5.74) is 0.698. The highest BCUT2D eigenvalue weighted by molar-refractivity contribution is 7.92. The number of rotatable bonds is 5. The molecule has 0 bridgehead atoms. The molecule has 10 heteroatoms. The average Bonchev–Trinajstić information content (AvgIpc) is 3.28. The number of carbonyl (C=O) groups excluding carboxylic acids is 1. The van der Waals surface area contributed by atoms with E-state index < -0.39 is 10.0 Å². The van der Waals surface area contributed by atoms with Gasteiger partial charge < -0.3 is 9.80 Å². The number of piperazine rings is 1. The van der Waals surface area contributed by atoms with Gasteiger partial charge in [-0.2, -0.15) is 0 Å². The van der Waals surface area contributed by atoms with Gasteiger partial charge in [0.05, 0.1) is 10.6 Å². The van der Waals surface area contributed by atoms with Crippen LogP contribution in [0, 0.1) is 0 Å².